The molecular formula is C14H13BNO2. The van der Waals surface area contributed by atoms with Gasteiger partial charge < -0.3 is 9.88 Å². The van der Waals surface area contributed by atoms with Gasteiger partial charge in [-0.05, 0) is 0 Å². The van der Waals surface area contributed by atoms with Crippen molar-refractivity contribution in [3.63, 3.8) is 0 Å². The highest BCUT2D eigenvalue weighted by molar-refractivity contribution is 6.61. The summed E-state index contributed by atoms with van der Waals surface area (Å²) < 4.78 is 5.42. The standard InChI is InChI=1S/C14H13BNO2/c17-14-13(11-7-3-1-4-8-11)16-15(18-14)12-9-5-2-6-10-12/h1-10,13H,16H2. The highest BCUT2D eigenvalue weighted by Gasteiger charge is 2.34. The summed E-state index contributed by atoms with van der Waals surface area (Å²) in [6.07, 6.45) is 0. The first-order chi connectivity index (χ1) is 8.84. The Morgan fingerprint density at radius 2 is 1.56 bits per heavy atom. The summed E-state index contributed by atoms with van der Waals surface area (Å²) in [5, 5.41) is 1.97. The van der Waals surface area contributed by atoms with E-state index in [1.807, 2.05) is 65.9 Å². The first-order valence-electron chi connectivity index (χ1n) is 6.00. The van der Waals surface area contributed by atoms with Crippen LogP contribution in [0.5, 0.6) is 0 Å². The molecule has 0 bridgehead atoms. The van der Waals surface area contributed by atoms with Gasteiger partial charge in [0.05, 0.1) is 0 Å². The van der Waals surface area contributed by atoms with Gasteiger partial charge in [-0.25, -0.2) is 4.79 Å². The van der Waals surface area contributed by atoms with Crippen LogP contribution in [0.2, 0.25) is 0 Å². The average Bonchev–Trinajstić information content (AvgIpc) is 2.83. The number of hydrogen-bond acceptors (Lipinski definition) is 2. The van der Waals surface area contributed by atoms with Gasteiger partial charge >= 0.3 is 13.0 Å². The Labute approximate surface area is 106 Å². The maximum Gasteiger partial charge on any atom is 0.379 e. The predicted octanol–water partition coefficient (Wildman–Crippen LogP) is 0.243. The zero-order chi connectivity index (χ0) is 12.4. The van der Waals surface area contributed by atoms with Crippen LogP contribution in [0.1, 0.15) is 11.6 Å². The van der Waals surface area contributed by atoms with Crippen molar-refractivity contribution in [1.82, 2.24) is 0 Å². The van der Waals surface area contributed by atoms with E-state index in [4.69, 9.17) is 4.65 Å². The van der Waals surface area contributed by atoms with Crippen molar-refractivity contribution in [2.24, 2.45) is 0 Å². The molecule has 1 unspecified atom stereocenters. The topological polar surface area (TPSA) is 42.9 Å². The number of carbonyl (C=O) groups is 1. The molecule has 1 aliphatic heterocycles. The van der Waals surface area contributed by atoms with E-state index in [0.717, 1.165) is 11.0 Å². The zero-order valence-corrected chi connectivity index (χ0v) is 9.82. The van der Waals surface area contributed by atoms with E-state index in [1.165, 1.54) is 0 Å². The van der Waals surface area contributed by atoms with E-state index in [-0.39, 0.29) is 19.1 Å². The molecule has 1 radical (unpaired) electrons. The molecule has 0 spiro atoms. The third-order valence-electron chi connectivity index (χ3n) is 3.15. The molecule has 0 amide bonds. The van der Waals surface area contributed by atoms with Crippen LogP contribution in [0.15, 0.2) is 60.7 Å². The molecule has 2 N–H and O–H groups in total. The second-order valence-corrected chi connectivity index (χ2v) is 4.35. The Morgan fingerprint density at radius 3 is 2.22 bits per heavy atom. The van der Waals surface area contributed by atoms with Crippen LogP contribution in [0.4, 0.5) is 0 Å². The fourth-order valence-electron chi connectivity index (χ4n) is 2.22. The SMILES string of the molecule is O=C1O[B-](c2ccccc2)[NH2+]C1c1ccccc1. The van der Waals surface area contributed by atoms with Crippen LogP contribution in [0, 0.1) is 0 Å². The molecule has 1 heterocycles. The molecule has 0 saturated carbocycles. The van der Waals surface area contributed by atoms with Gasteiger partial charge in [-0.2, -0.15) is 0 Å². The Kier molecular flexibility index (Phi) is 2.86. The summed E-state index contributed by atoms with van der Waals surface area (Å²) in [6, 6.07) is 19.3. The van der Waals surface area contributed by atoms with Crippen LogP contribution in [0.3, 0.4) is 0 Å². The van der Waals surface area contributed by atoms with Crippen LogP contribution in [0.25, 0.3) is 0 Å². The number of nitrogens with two attached hydrogens (primary N) is 1. The fraction of sp³-hybridized carbons (Fsp3) is 0.0714. The minimum Gasteiger partial charge on any atom is -0.649 e. The molecule has 4 heteroatoms. The van der Waals surface area contributed by atoms with Gasteiger partial charge in [0.2, 0.25) is 0 Å². The monoisotopic (exact) mass is 238 g/mol. The highest BCUT2D eigenvalue weighted by atomic mass is 16.5. The van der Waals surface area contributed by atoms with Gasteiger partial charge in [0, 0.05) is 5.56 Å². The van der Waals surface area contributed by atoms with E-state index in [1.54, 1.807) is 0 Å². The molecule has 0 aliphatic carbocycles. The molecule has 89 valence electrons. The van der Waals surface area contributed by atoms with Crippen LogP contribution < -0.4 is 10.7 Å². The van der Waals surface area contributed by atoms with E-state index < -0.39 is 0 Å². The third-order valence-corrected chi connectivity index (χ3v) is 3.15. The summed E-state index contributed by atoms with van der Waals surface area (Å²) in [6.45, 7) is 0. The highest BCUT2D eigenvalue weighted by Crippen LogP contribution is 2.13. The summed E-state index contributed by atoms with van der Waals surface area (Å²) in [5.41, 5.74) is 2.00. The lowest BCUT2D eigenvalue weighted by Gasteiger charge is -2.14. The smallest absolute Gasteiger partial charge is 0.379 e. The quantitative estimate of drug-likeness (QED) is 0.762. The Balaban J connectivity index is 1.83. The molecule has 18 heavy (non-hydrogen) atoms. The molecular weight excluding hydrogens is 225 g/mol. The van der Waals surface area contributed by atoms with Gasteiger partial charge in [0.25, 0.3) is 0 Å². The minimum atomic E-state index is -0.253. The molecule has 3 rings (SSSR count). The van der Waals surface area contributed by atoms with Crippen LogP contribution in [-0.2, 0) is 9.45 Å². The zero-order valence-electron chi connectivity index (χ0n) is 9.82. The van der Waals surface area contributed by atoms with Gasteiger partial charge in [0.15, 0.2) is 6.04 Å². The molecule has 2 aromatic rings. The van der Waals surface area contributed by atoms with E-state index >= 15 is 0 Å². The van der Waals surface area contributed by atoms with Crippen LogP contribution in [-0.4, -0.2) is 13.0 Å². The van der Waals surface area contributed by atoms with Crippen molar-refractivity contribution in [2.45, 2.75) is 6.04 Å². The lowest BCUT2D eigenvalue weighted by molar-refractivity contribution is -0.548. The first kappa shape index (κ1) is 11.0. The number of hydrogen-bond donors (Lipinski definition) is 1. The maximum absolute atomic E-state index is 11.9. The molecule has 1 fully saturated rings. The van der Waals surface area contributed by atoms with Crippen molar-refractivity contribution in [2.75, 3.05) is 0 Å². The summed E-state index contributed by atoms with van der Waals surface area (Å²) in [4.78, 5) is 11.9. The van der Waals surface area contributed by atoms with E-state index in [0.29, 0.717) is 0 Å². The summed E-state index contributed by atoms with van der Waals surface area (Å²) in [7, 11) is -0.232. The molecule has 1 aliphatic rings. The van der Waals surface area contributed by atoms with Crippen LogP contribution >= 0.6 is 0 Å². The first-order valence-corrected chi connectivity index (χ1v) is 6.00. The molecule has 2 aromatic carbocycles. The number of quaternary nitrogens is 1. The minimum absolute atomic E-state index is 0.171. The maximum atomic E-state index is 11.9. The number of carbonyl (C=O) groups excluding carboxylic acids is 1. The van der Waals surface area contributed by atoms with Gasteiger partial charge in [-0.1, -0.05) is 60.7 Å². The normalized spacial score (nSPS) is 19.8. The Morgan fingerprint density at radius 1 is 0.944 bits per heavy atom. The Bertz CT molecular complexity index is 544. The van der Waals surface area contributed by atoms with Gasteiger partial charge in [-0.3, -0.25) is 0 Å². The molecule has 1 saturated heterocycles. The second kappa shape index (κ2) is 4.66. The third kappa shape index (κ3) is 2.02. The number of benzene rings is 2. The lowest BCUT2D eigenvalue weighted by Crippen LogP contribution is -2.93. The van der Waals surface area contributed by atoms with Crippen molar-refractivity contribution in [1.29, 1.82) is 0 Å². The van der Waals surface area contributed by atoms with Crippen molar-refractivity contribution in [3.8, 4) is 0 Å². The van der Waals surface area contributed by atoms with Crippen molar-refractivity contribution in [3.05, 3.63) is 66.2 Å². The largest absolute Gasteiger partial charge is 0.649 e. The molecule has 1 atom stereocenters. The number of rotatable bonds is 2. The Hall–Kier alpha value is -2.07. The van der Waals surface area contributed by atoms with Crippen molar-refractivity contribution >= 4 is 18.5 Å². The predicted molar refractivity (Wildman–Crippen MR) is 69.0 cm³/mol. The fourth-order valence-corrected chi connectivity index (χ4v) is 2.22. The van der Waals surface area contributed by atoms with E-state index in [2.05, 4.69) is 0 Å². The van der Waals surface area contributed by atoms with Crippen molar-refractivity contribution < 1.29 is 14.7 Å². The lowest BCUT2D eigenvalue weighted by atomic mass is 9.74. The molecule has 3 nitrogen and oxygen atoms in total. The summed E-state index contributed by atoms with van der Waals surface area (Å²) in [5.74, 6) is -0.171. The van der Waals surface area contributed by atoms with Gasteiger partial charge in [0.1, 0.15) is 0 Å². The second-order valence-electron chi connectivity index (χ2n) is 4.35. The van der Waals surface area contributed by atoms with Gasteiger partial charge in [-0.15, -0.1) is 5.46 Å². The summed E-state index contributed by atoms with van der Waals surface area (Å²) >= 11 is 0. The molecule has 0 aromatic heterocycles. The average molecular weight is 238 g/mol. The van der Waals surface area contributed by atoms with E-state index in [9.17, 15) is 4.79 Å².